The van der Waals surface area contributed by atoms with Crippen molar-refractivity contribution in [1.29, 1.82) is 0 Å². The molecule has 0 radical (unpaired) electrons. The first-order chi connectivity index (χ1) is 9.75. The van der Waals surface area contributed by atoms with E-state index in [1.807, 2.05) is 6.07 Å². The minimum absolute atomic E-state index is 0.0208. The molecular weight excluding hydrogens is 278 g/mol. The van der Waals surface area contributed by atoms with Gasteiger partial charge >= 0.3 is 5.69 Å². The van der Waals surface area contributed by atoms with Crippen molar-refractivity contribution in [2.45, 2.75) is 12.8 Å². The Bertz CT molecular complexity index is 622. The lowest BCUT2D eigenvalue weighted by atomic mass is 10.0. The Morgan fingerprint density at radius 1 is 1.55 bits per heavy atom. The second-order valence-electron chi connectivity index (χ2n) is 4.89. The molecular formula is C13H15N3O3S. The summed E-state index contributed by atoms with van der Waals surface area (Å²) >= 11 is 1.39. The van der Waals surface area contributed by atoms with Crippen LogP contribution in [-0.4, -0.2) is 29.6 Å². The third-order valence-electron chi connectivity index (χ3n) is 3.49. The summed E-state index contributed by atoms with van der Waals surface area (Å²) in [5.41, 5.74) is 2.01. The lowest BCUT2D eigenvalue weighted by molar-refractivity contribution is -0.384. The van der Waals surface area contributed by atoms with Crippen molar-refractivity contribution in [2.75, 3.05) is 19.7 Å². The van der Waals surface area contributed by atoms with Gasteiger partial charge in [0.25, 0.3) is 0 Å². The van der Waals surface area contributed by atoms with E-state index in [4.69, 9.17) is 4.74 Å². The van der Waals surface area contributed by atoms with E-state index in [0.717, 1.165) is 30.6 Å². The van der Waals surface area contributed by atoms with Crippen molar-refractivity contribution < 1.29 is 9.66 Å². The van der Waals surface area contributed by atoms with E-state index in [2.05, 4.69) is 10.3 Å². The van der Waals surface area contributed by atoms with Crippen LogP contribution in [0, 0.1) is 16.0 Å². The number of hydrogen-bond donors (Lipinski definition) is 1. The average Bonchev–Trinajstić information content (AvgIpc) is 2.93. The second kappa shape index (κ2) is 5.72. The van der Waals surface area contributed by atoms with Gasteiger partial charge in [0, 0.05) is 12.5 Å². The molecule has 1 aliphatic rings. The maximum Gasteiger partial charge on any atom is 0.337 e. The lowest BCUT2D eigenvalue weighted by Crippen LogP contribution is -2.33. The molecule has 1 N–H and O–H groups in total. The Hall–Kier alpha value is -1.73. The van der Waals surface area contributed by atoms with Crippen LogP contribution >= 0.6 is 11.3 Å². The molecule has 2 heterocycles. The summed E-state index contributed by atoms with van der Waals surface area (Å²) in [4.78, 5) is 14.9. The van der Waals surface area contributed by atoms with Gasteiger partial charge in [-0.15, -0.1) is 11.3 Å². The van der Waals surface area contributed by atoms with Gasteiger partial charge in [0.15, 0.2) is 11.3 Å². The molecule has 7 heteroatoms. The van der Waals surface area contributed by atoms with Crippen LogP contribution in [0.15, 0.2) is 17.6 Å². The zero-order valence-corrected chi connectivity index (χ0v) is 11.7. The molecule has 1 aromatic heterocycles. The molecule has 1 atom stereocenters. The number of hydrogen-bond acceptors (Lipinski definition) is 6. The number of aromatic nitrogens is 1. The van der Waals surface area contributed by atoms with Crippen LogP contribution in [0.2, 0.25) is 0 Å². The summed E-state index contributed by atoms with van der Waals surface area (Å²) in [6.07, 6.45) is 2.22. The van der Waals surface area contributed by atoms with Gasteiger partial charge in [0.1, 0.15) is 0 Å². The number of nitrogens with one attached hydrogen (secondary N) is 1. The van der Waals surface area contributed by atoms with E-state index in [1.54, 1.807) is 11.6 Å². The van der Waals surface area contributed by atoms with Gasteiger partial charge in [0.2, 0.25) is 0 Å². The molecule has 3 rings (SSSR count). The number of thiazole rings is 1. The van der Waals surface area contributed by atoms with Gasteiger partial charge in [0.05, 0.1) is 21.7 Å². The van der Waals surface area contributed by atoms with Crippen molar-refractivity contribution in [3.05, 3.63) is 27.8 Å². The molecule has 0 spiro atoms. The Balaban J connectivity index is 1.82. The highest BCUT2D eigenvalue weighted by Gasteiger charge is 2.23. The van der Waals surface area contributed by atoms with E-state index < -0.39 is 4.92 Å². The van der Waals surface area contributed by atoms with Crippen molar-refractivity contribution in [1.82, 2.24) is 10.3 Å². The van der Waals surface area contributed by atoms with Crippen LogP contribution in [0.3, 0.4) is 0 Å². The number of nitrogens with zero attached hydrogens (tertiary/aromatic N) is 2. The zero-order chi connectivity index (χ0) is 13.9. The number of ether oxygens (including phenoxy) is 1. The standard InChI is InChI=1S/C13H15N3O3S/c17-16(18)13-10(3-4-11-12(13)15-8-20-11)19-7-9-2-1-5-14-6-9/h3-4,8-9,14H,1-2,5-7H2. The average molecular weight is 293 g/mol. The molecule has 0 aliphatic carbocycles. The molecule has 20 heavy (non-hydrogen) atoms. The third-order valence-corrected chi connectivity index (χ3v) is 4.29. The SMILES string of the molecule is O=[N+]([O-])c1c(OCC2CCCNC2)ccc2scnc12. The molecule has 1 unspecified atom stereocenters. The largest absolute Gasteiger partial charge is 0.486 e. The quantitative estimate of drug-likeness (QED) is 0.692. The smallest absolute Gasteiger partial charge is 0.337 e. The van der Waals surface area contributed by atoms with E-state index in [1.165, 1.54) is 11.3 Å². The van der Waals surface area contributed by atoms with Crippen molar-refractivity contribution in [2.24, 2.45) is 5.92 Å². The normalized spacial score (nSPS) is 19.1. The summed E-state index contributed by atoms with van der Waals surface area (Å²) < 4.78 is 6.51. The van der Waals surface area contributed by atoms with Gasteiger partial charge in [-0.2, -0.15) is 0 Å². The van der Waals surface area contributed by atoms with Gasteiger partial charge in [-0.05, 0) is 31.5 Å². The van der Waals surface area contributed by atoms with Crippen LogP contribution in [0.25, 0.3) is 10.2 Å². The minimum Gasteiger partial charge on any atom is -0.486 e. The Kier molecular flexibility index (Phi) is 3.79. The Labute approximate surface area is 119 Å². The summed E-state index contributed by atoms with van der Waals surface area (Å²) in [5.74, 6) is 0.730. The van der Waals surface area contributed by atoms with Crippen LogP contribution in [0.1, 0.15) is 12.8 Å². The van der Waals surface area contributed by atoms with Gasteiger partial charge < -0.3 is 10.1 Å². The Morgan fingerprint density at radius 2 is 2.45 bits per heavy atom. The predicted molar refractivity (Wildman–Crippen MR) is 77.4 cm³/mol. The third kappa shape index (κ3) is 2.59. The predicted octanol–water partition coefficient (Wildman–Crippen LogP) is 2.58. The number of fused-ring (bicyclic) bond motifs is 1. The van der Waals surface area contributed by atoms with E-state index >= 15 is 0 Å². The topological polar surface area (TPSA) is 77.3 Å². The Morgan fingerprint density at radius 3 is 3.20 bits per heavy atom. The molecule has 106 valence electrons. The first-order valence-corrected chi connectivity index (χ1v) is 7.48. The highest BCUT2D eigenvalue weighted by molar-refractivity contribution is 7.16. The molecule has 1 saturated heterocycles. The van der Waals surface area contributed by atoms with Crippen molar-refractivity contribution >= 4 is 27.2 Å². The number of benzene rings is 1. The maximum atomic E-state index is 11.3. The molecule has 1 aromatic carbocycles. The first-order valence-electron chi connectivity index (χ1n) is 6.60. The van der Waals surface area contributed by atoms with Gasteiger partial charge in [-0.25, -0.2) is 4.98 Å². The number of rotatable bonds is 4. The van der Waals surface area contributed by atoms with Crippen LogP contribution in [-0.2, 0) is 0 Å². The highest BCUT2D eigenvalue weighted by atomic mass is 32.1. The van der Waals surface area contributed by atoms with Crippen molar-refractivity contribution in [3.63, 3.8) is 0 Å². The fourth-order valence-electron chi connectivity index (χ4n) is 2.47. The molecule has 0 bridgehead atoms. The molecule has 6 nitrogen and oxygen atoms in total. The zero-order valence-electron chi connectivity index (χ0n) is 10.9. The molecule has 0 amide bonds. The van der Waals surface area contributed by atoms with Crippen LogP contribution < -0.4 is 10.1 Å². The number of nitro benzene ring substituents is 1. The van der Waals surface area contributed by atoms with E-state index in [9.17, 15) is 10.1 Å². The summed E-state index contributed by atoms with van der Waals surface area (Å²) in [7, 11) is 0. The summed E-state index contributed by atoms with van der Waals surface area (Å²) in [6, 6.07) is 3.50. The van der Waals surface area contributed by atoms with Crippen LogP contribution in [0.5, 0.6) is 5.75 Å². The highest BCUT2D eigenvalue weighted by Crippen LogP contribution is 2.36. The molecule has 1 fully saturated rings. The fourth-order valence-corrected chi connectivity index (χ4v) is 3.14. The number of nitro groups is 1. The van der Waals surface area contributed by atoms with Crippen molar-refractivity contribution in [3.8, 4) is 5.75 Å². The second-order valence-corrected chi connectivity index (χ2v) is 5.78. The van der Waals surface area contributed by atoms with E-state index in [0.29, 0.717) is 23.8 Å². The van der Waals surface area contributed by atoms with Gasteiger partial charge in [-0.1, -0.05) is 0 Å². The molecule has 2 aromatic rings. The molecule has 1 aliphatic heterocycles. The first kappa shape index (κ1) is 13.3. The number of piperidine rings is 1. The van der Waals surface area contributed by atoms with E-state index in [-0.39, 0.29) is 5.69 Å². The molecule has 0 saturated carbocycles. The summed E-state index contributed by atoms with van der Waals surface area (Å²) in [5, 5.41) is 14.6. The minimum atomic E-state index is -0.406. The van der Waals surface area contributed by atoms with Gasteiger partial charge in [-0.3, -0.25) is 10.1 Å². The van der Waals surface area contributed by atoms with Crippen LogP contribution in [0.4, 0.5) is 5.69 Å². The summed E-state index contributed by atoms with van der Waals surface area (Å²) in [6.45, 7) is 2.46. The lowest BCUT2D eigenvalue weighted by Gasteiger charge is -2.22. The maximum absolute atomic E-state index is 11.3. The fraction of sp³-hybridized carbons (Fsp3) is 0.462. The monoisotopic (exact) mass is 293 g/mol.